The van der Waals surface area contributed by atoms with Crippen LogP contribution < -0.4 is 10.1 Å². The number of carbonyl (C=O) groups excluding carboxylic acids is 1. The number of para-hydroxylation sites is 1. The Bertz CT molecular complexity index is 835. The van der Waals surface area contributed by atoms with Gasteiger partial charge in [-0.2, -0.15) is 0 Å². The van der Waals surface area contributed by atoms with E-state index in [4.69, 9.17) is 4.74 Å². The molecule has 0 aliphatic heterocycles. The minimum absolute atomic E-state index is 0.0429. The zero-order valence-corrected chi connectivity index (χ0v) is 15.0. The summed E-state index contributed by atoms with van der Waals surface area (Å²) in [5.74, 6) is 0.214. The number of carbonyl (C=O) groups is 1. The molecule has 4 heteroatoms. The quantitative estimate of drug-likeness (QED) is 0.652. The fourth-order valence-corrected chi connectivity index (χ4v) is 2.91. The Kier molecular flexibility index (Phi) is 6.58. The van der Waals surface area contributed by atoms with Crippen molar-refractivity contribution >= 4 is 5.91 Å². The van der Waals surface area contributed by atoms with Gasteiger partial charge in [0.15, 0.2) is 6.61 Å². The first kappa shape index (κ1) is 18.6. The third-order valence-electron chi connectivity index (χ3n) is 4.20. The second-order valence-electron chi connectivity index (χ2n) is 6.39. The lowest BCUT2D eigenvalue weighted by Gasteiger charge is -2.19. The summed E-state index contributed by atoms with van der Waals surface area (Å²) in [6, 6.07) is 25.5. The Labute approximate surface area is 158 Å². The molecular formula is C23H22FNO2. The molecule has 1 atom stereocenters. The topological polar surface area (TPSA) is 38.3 Å². The highest BCUT2D eigenvalue weighted by molar-refractivity contribution is 5.77. The minimum Gasteiger partial charge on any atom is -0.484 e. The highest BCUT2D eigenvalue weighted by Gasteiger charge is 2.15. The van der Waals surface area contributed by atoms with Gasteiger partial charge < -0.3 is 10.1 Å². The first-order chi connectivity index (χ1) is 13.2. The lowest BCUT2D eigenvalue weighted by molar-refractivity contribution is -0.123. The van der Waals surface area contributed by atoms with Crippen molar-refractivity contribution < 1.29 is 13.9 Å². The van der Waals surface area contributed by atoms with Crippen molar-refractivity contribution in [2.75, 3.05) is 6.61 Å². The van der Waals surface area contributed by atoms with E-state index in [0.29, 0.717) is 18.6 Å². The van der Waals surface area contributed by atoms with Crippen molar-refractivity contribution in [3.63, 3.8) is 0 Å². The molecule has 0 radical (unpaired) electrons. The Morgan fingerprint density at radius 1 is 0.815 bits per heavy atom. The van der Waals surface area contributed by atoms with Gasteiger partial charge in [0.1, 0.15) is 11.6 Å². The number of benzene rings is 3. The summed E-state index contributed by atoms with van der Waals surface area (Å²) in [7, 11) is 0. The highest BCUT2D eigenvalue weighted by Crippen LogP contribution is 2.11. The number of amides is 1. The number of hydrogen-bond donors (Lipinski definition) is 1. The van der Waals surface area contributed by atoms with Crippen molar-refractivity contribution in [1.82, 2.24) is 5.32 Å². The van der Waals surface area contributed by atoms with E-state index in [1.165, 1.54) is 12.1 Å². The first-order valence-corrected chi connectivity index (χ1v) is 8.94. The monoisotopic (exact) mass is 363 g/mol. The Morgan fingerprint density at radius 3 is 2.00 bits per heavy atom. The third kappa shape index (κ3) is 6.26. The molecule has 0 aliphatic carbocycles. The van der Waals surface area contributed by atoms with Crippen molar-refractivity contribution in [3.8, 4) is 5.75 Å². The van der Waals surface area contributed by atoms with Crippen molar-refractivity contribution in [3.05, 3.63) is 102 Å². The van der Waals surface area contributed by atoms with Gasteiger partial charge in [-0.05, 0) is 48.2 Å². The van der Waals surface area contributed by atoms with E-state index in [9.17, 15) is 9.18 Å². The van der Waals surface area contributed by atoms with E-state index in [0.717, 1.165) is 11.1 Å². The fourth-order valence-electron chi connectivity index (χ4n) is 2.91. The number of hydrogen-bond acceptors (Lipinski definition) is 2. The average Bonchev–Trinajstić information content (AvgIpc) is 2.70. The normalized spacial score (nSPS) is 11.6. The van der Waals surface area contributed by atoms with E-state index < -0.39 is 0 Å². The number of nitrogens with one attached hydrogen (secondary N) is 1. The molecule has 1 N–H and O–H groups in total. The van der Waals surface area contributed by atoms with Crippen LogP contribution in [0.1, 0.15) is 11.1 Å². The fraction of sp³-hybridized carbons (Fsp3) is 0.174. The van der Waals surface area contributed by atoms with Crippen LogP contribution in [0.25, 0.3) is 0 Å². The molecule has 138 valence electrons. The maximum absolute atomic E-state index is 13.2. The van der Waals surface area contributed by atoms with E-state index in [1.54, 1.807) is 12.1 Å². The van der Waals surface area contributed by atoms with Crippen LogP contribution in [0.2, 0.25) is 0 Å². The van der Waals surface area contributed by atoms with E-state index in [2.05, 4.69) is 5.32 Å². The molecule has 0 saturated carbocycles. The summed E-state index contributed by atoms with van der Waals surface area (Å²) < 4.78 is 18.7. The summed E-state index contributed by atoms with van der Waals surface area (Å²) in [5, 5.41) is 3.04. The van der Waals surface area contributed by atoms with E-state index >= 15 is 0 Å². The SMILES string of the molecule is O=C(COc1ccccc1)NC(Cc1ccccc1)Cc1ccc(F)cc1. The van der Waals surface area contributed by atoms with Gasteiger partial charge in [-0.1, -0.05) is 60.7 Å². The maximum Gasteiger partial charge on any atom is 0.258 e. The summed E-state index contributed by atoms with van der Waals surface area (Å²) in [6.07, 6.45) is 1.31. The van der Waals surface area contributed by atoms with Crippen LogP contribution in [0, 0.1) is 5.82 Å². The Hall–Kier alpha value is -3.14. The predicted octanol–water partition coefficient (Wildman–Crippen LogP) is 4.17. The highest BCUT2D eigenvalue weighted by atomic mass is 19.1. The Balaban J connectivity index is 1.63. The van der Waals surface area contributed by atoms with Gasteiger partial charge in [0.05, 0.1) is 0 Å². The van der Waals surface area contributed by atoms with Crippen LogP contribution >= 0.6 is 0 Å². The maximum atomic E-state index is 13.2. The van der Waals surface area contributed by atoms with Crippen LogP contribution in [-0.4, -0.2) is 18.6 Å². The molecule has 27 heavy (non-hydrogen) atoms. The molecule has 0 bridgehead atoms. The van der Waals surface area contributed by atoms with Crippen LogP contribution in [0.15, 0.2) is 84.9 Å². The summed E-state index contributed by atoms with van der Waals surface area (Å²) >= 11 is 0. The van der Waals surface area contributed by atoms with Crippen LogP contribution in [-0.2, 0) is 17.6 Å². The Morgan fingerprint density at radius 2 is 1.37 bits per heavy atom. The van der Waals surface area contributed by atoms with Crippen LogP contribution in [0.4, 0.5) is 4.39 Å². The number of ether oxygens (including phenoxy) is 1. The number of rotatable bonds is 8. The molecular weight excluding hydrogens is 341 g/mol. The molecule has 0 heterocycles. The van der Waals surface area contributed by atoms with E-state index in [1.807, 2.05) is 60.7 Å². The van der Waals surface area contributed by atoms with Gasteiger partial charge in [-0.15, -0.1) is 0 Å². The molecule has 1 amide bonds. The van der Waals surface area contributed by atoms with Crippen LogP contribution in [0.3, 0.4) is 0 Å². The average molecular weight is 363 g/mol. The second kappa shape index (κ2) is 9.53. The smallest absolute Gasteiger partial charge is 0.258 e. The standard InChI is InChI=1S/C23H22FNO2/c24-20-13-11-19(12-14-20)16-21(15-18-7-3-1-4-8-18)25-23(26)17-27-22-9-5-2-6-10-22/h1-14,21H,15-17H2,(H,25,26). The van der Waals surface area contributed by atoms with Crippen molar-refractivity contribution in [2.24, 2.45) is 0 Å². The molecule has 3 aromatic carbocycles. The first-order valence-electron chi connectivity index (χ1n) is 8.94. The van der Waals surface area contributed by atoms with Crippen LogP contribution in [0.5, 0.6) is 5.75 Å². The molecule has 0 aliphatic rings. The molecule has 0 spiro atoms. The molecule has 0 aromatic heterocycles. The largest absolute Gasteiger partial charge is 0.484 e. The summed E-state index contributed by atoms with van der Waals surface area (Å²) in [5.41, 5.74) is 2.11. The molecule has 3 rings (SSSR count). The zero-order valence-electron chi connectivity index (χ0n) is 15.0. The second-order valence-corrected chi connectivity index (χ2v) is 6.39. The van der Waals surface area contributed by atoms with Gasteiger partial charge in [-0.3, -0.25) is 4.79 Å². The summed E-state index contributed by atoms with van der Waals surface area (Å²) in [6.45, 7) is -0.0429. The molecule has 0 saturated heterocycles. The number of halogens is 1. The molecule has 3 aromatic rings. The lowest BCUT2D eigenvalue weighted by Crippen LogP contribution is -2.40. The van der Waals surface area contributed by atoms with Crippen molar-refractivity contribution in [2.45, 2.75) is 18.9 Å². The summed E-state index contributed by atoms with van der Waals surface area (Å²) in [4.78, 5) is 12.4. The van der Waals surface area contributed by atoms with Gasteiger partial charge in [0.2, 0.25) is 0 Å². The third-order valence-corrected chi connectivity index (χ3v) is 4.20. The van der Waals surface area contributed by atoms with Crippen molar-refractivity contribution in [1.29, 1.82) is 0 Å². The van der Waals surface area contributed by atoms with Gasteiger partial charge in [0, 0.05) is 6.04 Å². The molecule has 1 unspecified atom stereocenters. The zero-order chi connectivity index (χ0) is 18.9. The van der Waals surface area contributed by atoms with Gasteiger partial charge in [-0.25, -0.2) is 4.39 Å². The minimum atomic E-state index is -0.265. The molecule has 3 nitrogen and oxygen atoms in total. The van der Waals surface area contributed by atoms with Gasteiger partial charge >= 0.3 is 0 Å². The molecule has 0 fully saturated rings. The lowest BCUT2D eigenvalue weighted by atomic mass is 9.99. The van der Waals surface area contributed by atoms with Gasteiger partial charge in [0.25, 0.3) is 5.91 Å². The van der Waals surface area contributed by atoms with E-state index in [-0.39, 0.29) is 24.4 Å². The predicted molar refractivity (Wildman–Crippen MR) is 104 cm³/mol.